The summed E-state index contributed by atoms with van der Waals surface area (Å²) in [6, 6.07) is 12.3. The smallest absolute Gasteiger partial charge is 0.159 e. The zero-order chi connectivity index (χ0) is 15.1. The summed E-state index contributed by atoms with van der Waals surface area (Å²) < 4.78 is 9.63. The molecule has 0 amide bonds. The fourth-order valence-electron chi connectivity index (χ4n) is 2.79. The van der Waals surface area contributed by atoms with Gasteiger partial charge >= 0.3 is 0 Å². The van der Waals surface area contributed by atoms with Gasteiger partial charge in [-0.15, -0.1) is 0 Å². The van der Waals surface area contributed by atoms with E-state index >= 15 is 0 Å². The first kappa shape index (κ1) is 15.0. The molecule has 0 bridgehead atoms. The third-order valence-electron chi connectivity index (χ3n) is 3.64. The van der Waals surface area contributed by atoms with Crippen LogP contribution in [0.2, 0.25) is 0 Å². The highest BCUT2D eigenvalue weighted by molar-refractivity contribution is 9.10. The topological polar surface area (TPSA) is 34.4 Å². The van der Waals surface area contributed by atoms with Crippen LogP contribution in [0.4, 0.5) is 0 Å². The molecular formula is C16H15Br2NO2. The number of halogens is 2. The summed E-state index contributed by atoms with van der Waals surface area (Å²) in [4.78, 5) is 0. The van der Waals surface area contributed by atoms with Gasteiger partial charge in [0.2, 0.25) is 0 Å². The molecule has 2 unspecified atom stereocenters. The molecule has 0 fully saturated rings. The molecule has 0 radical (unpaired) electrons. The van der Waals surface area contributed by atoms with E-state index in [-0.39, 0.29) is 0 Å². The largest absolute Gasteiger partial charge is 0.389 e. The predicted molar refractivity (Wildman–Crippen MR) is 92.6 cm³/mol. The van der Waals surface area contributed by atoms with Gasteiger partial charge in [-0.3, -0.25) is 0 Å². The van der Waals surface area contributed by atoms with E-state index in [0.717, 1.165) is 30.8 Å². The Morgan fingerprint density at radius 1 is 1.00 bits per heavy atom. The van der Waals surface area contributed by atoms with E-state index in [0.29, 0.717) is 0 Å². The molecule has 0 saturated heterocycles. The Balaban J connectivity index is 2.45. The van der Waals surface area contributed by atoms with Crippen LogP contribution in [-0.4, -0.2) is 22.9 Å². The zero-order valence-corrected chi connectivity index (χ0v) is 14.8. The van der Waals surface area contributed by atoms with E-state index in [1.807, 2.05) is 28.8 Å². The molecule has 0 saturated carbocycles. The number of benzene rings is 2. The van der Waals surface area contributed by atoms with Crippen molar-refractivity contribution in [1.82, 2.24) is 4.57 Å². The Labute approximate surface area is 139 Å². The second kappa shape index (κ2) is 5.72. The van der Waals surface area contributed by atoms with Crippen molar-refractivity contribution in [2.75, 3.05) is 7.11 Å². The van der Waals surface area contributed by atoms with E-state index in [2.05, 4.69) is 44.0 Å². The number of ether oxygens (including phenoxy) is 1. The number of methoxy groups -OCH3 is 1. The minimum atomic E-state index is -0.610. The van der Waals surface area contributed by atoms with Gasteiger partial charge in [0.05, 0.1) is 17.1 Å². The average molecular weight is 413 g/mol. The maximum Gasteiger partial charge on any atom is 0.159 e. The molecule has 3 rings (SSSR count). The SMILES string of the molecule is COC(C(C)O)n1c2ccc(Br)cc2c2cc(Br)ccc21. The summed E-state index contributed by atoms with van der Waals surface area (Å²) >= 11 is 7.05. The summed E-state index contributed by atoms with van der Waals surface area (Å²) in [5, 5.41) is 12.3. The number of aliphatic hydroxyl groups excluding tert-OH is 1. The highest BCUT2D eigenvalue weighted by Gasteiger charge is 2.22. The number of aromatic nitrogens is 1. The normalized spacial score (nSPS) is 14.7. The van der Waals surface area contributed by atoms with Gasteiger partial charge in [0.1, 0.15) is 0 Å². The molecule has 0 aliphatic rings. The Hall–Kier alpha value is -0.880. The van der Waals surface area contributed by atoms with Crippen molar-refractivity contribution in [3.63, 3.8) is 0 Å². The highest BCUT2D eigenvalue weighted by atomic mass is 79.9. The van der Waals surface area contributed by atoms with Crippen LogP contribution in [0.3, 0.4) is 0 Å². The third kappa shape index (κ3) is 2.52. The van der Waals surface area contributed by atoms with Crippen LogP contribution in [0.25, 0.3) is 21.8 Å². The molecule has 0 aliphatic carbocycles. The average Bonchev–Trinajstić information content (AvgIpc) is 2.73. The molecule has 3 nitrogen and oxygen atoms in total. The minimum absolute atomic E-state index is 0.424. The molecule has 1 heterocycles. The summed E-state index contributed by atoms with van der Waals surface area (Å²) in [7, 11) is 1.62. The van der Waals surface area contributed by atoms with Crippen LogP contribution >= 0.6 is 31.9 Å². The summed E-state index contributed by atoms with van der Waals surface area (Å²) in [6.07, 6.45) is -1.03. The lowest BCUT2D eigenvalue weighted by atomic mass is 10.2. The first-order chi connectivity index (χ1) is 10.0. The molecule has 1 aromatic heterocycles. The van der Waals surface area contributed by atoms with Crippen molar-refractivity contribution in [2.24, 2.45) is 0 Å². The van der Waals surface area contributed by atoms with Gasteiger partial charge < -0.3 is 14.4 Å². The molecule has 2 atom stereocenters. The Morgan fingerprint density at radius 2 is 1.48 bits per heavy atom. The van der Waals surface area contributed by atoms with Gasteiger partial charge in [0.25, 0.3) is 0 Å². The van der Waals surface area contributed by atoms with Crippen LogP contribution in [-0.2, 0) is 4.74 Å². The number of nitrogens with zero attached hydrogens (tertiary/aromatic N) is 1. The van der Waals surface area contributed by atoms with Crippen molar-refractivity contribution >= 4 is 53.7 Å². The van der Waals surface area contributed by atoms with Crippen LogP contribution in [0.15, 0.2) is 45.3 Å². The second-order valence-corrected chi connectivity index (χ2v) is 6.89. The van der Waals surface area contributed by atoms with Crippen LogP contribution in [0, 0.1) is 0 Å². The molecule has 110 valence electrons. The maximum atomic E-state index is 10.0. The van der Waals surface area contributed by atoms with Crippen molar-refractivity contribution in [2.45, 2.75) is 19.3 Å². The molecule has 2 aromatic carbocycles. The number of hydrogen-bond acceptors (Lipinski definition) is 2. The fraction of sp³-hybridized carbons (Fsp3) is 0.250. The summed E-state index contributed by atoms with van der Waals surface area (Å²) in [5.74, 6) is 0. The van der Waals surface area contributed by atoms with Gasteiger partial charge in [0, 0.05) is 26.8 Å². The van der Waals surface area contributed by atoms with Crippen molar-refractivity contribution in [1.29, 1.82) is 0 Å². The monoisotopic (exact) mass is 411 g/mol. The molecule has 5 heteroatoms. The van der Waals surface area contributed by atoms with E-state index < -0.39 is 12.3 Å². The van der Waals surface area contributed by atoms with Crippen molar-refractivity contribution in [3.8, 4) is 0 Å². The molecule has 0 aliphatic heterocycles. The first-order valence-corrected chi connectivity index (χ1v) is 8.21. The molecule has 3 aromatic rings. The van der Waals surface area contributed by atoms with Gasteiger partial charge in [-0.1, -0.05) is 31.9 Å². The lowest BCUT2D eigenvalue weighted by Gasteiger charge is -2.22. The van der Waals surface area contributed by atoms with Crippen LogP contribution in [0.1, 0.15) is 13.2 Å². The number of aliphatic hydroxyl groups is 1. The first-order valence-electron chi connectivity index (χ1n) is 6.62. The van der Waals surface area contributed by atoms with E-state index in [1.165, 1.54) is 0 Å². The number of fused-ring (bicyclic) bond motifs is 3. The van der Waals surface area contributed by atoms with E-state index in [1.54, 1.807) is 14.0 Å². The number of rotatable bonds is 3. The second-order valence-electron chi connectivity index (χ2n) is 5.06. The minimum Gasteiger partial charge on any atom is -0.389 e. The van der Waals surface area contributed by atoms with E-state index in [4.69, 9.17) is 4.74 Å². The molecule has 21 heavy (non-hydrogen) atoms. The molecule has 0 spiro atoms. The van der Waals surface area contributed by atoms with E-state index in [9.17, 15) is 5.11 Å². The predicted octanol–water partition coefficient (Wildman–Crippen LogP) is 4.85. The quantitative estimate of drug-likeness (QED) is 0.667. The van der Waals surface area contributed by atoms with Gasteiger partial charge in [0.15, 0.2) is 6.23 Å². The maximum absolute atomic E-state index is 10.0. The zero-order valence-electron chi connectivity index (χ0n) is 11.7. The standard InChI is InChI=1S/C16H15Br2NO2/c1-9(20)16(21-2)19-14-5-3-10(17)7-12(14)13-8-11(18)4-6-15(13)19/h3-9,16,20H,1-2H3. The van der Waals surface area contributed by atoms with Crippen LogP contribution in [0.5, 0.6) is 0 Å². The van der Waals surface area contributed by atoms with Gasteiger partial charge in [-0.25, -0.2) is 0 Å². The Bertz CT molecular complexity index is 751. The molecular weight excluding hydrogens is 398 g/mol. The Morgan fingerprint density at radius 3 is 1.86 bits per heavy atom. The Kier molecular flexibility index (Phi) is 4.10. The van der Waals surface area contributed by atoms with Gasteiger partial charge in [-0.05, 0) is 43.3 Å². The summed E-state index contributed by atoms with van der Waals surface area (Å²) in [5.41, 5.74) is 2.08. The lowest BCUT2D eigenvalue weighted by Crippen LogP contribution is -2.22. The van der Waals surface area contributed by atoms with Crippen molar-refractivity contribution in [3.05, 3.63) is 45.3 Å². The van der Waals surface area contributed by atoms with Crippen LogP contribution < -0.4 is 0 Å². The lowest BCUT2D eigenvalue weighted by molar-refractivity contribution is -0.0442. The summed E-state index contributed by atoms with van der Waals surface area (Å²) in [6.45, 7) is 1.74. The fourth-order valence-corrected chi connectivity index (χ4v) is 3.51. The molecule has 1 N–H and O–H groups in total. The van der Waals surface area contributed by atoms with Crippen molar-refractivity contribution < 1.29 is 9.84 Å². The highest BCUT2D eigenvalue weighted by Crippen LogP contribution is 2.36. The van der Waals surface area contributed by atoms with Gasteiger partial charge in [-0.2, -0.15) is 0 Å². The number of hydrogen-bond donors (Lipinski definition) is 1. The third-order valence-corrected chi connectivity index (χ3v) is 4.62.